The van der Waals surface area contributed by atoms with Gasteiger partial charge in [0.2, 0.25) is 0 Å². The number of nitrogens with zero attached hydrogens (tertiary/aromatic N) is 2. The number of aromatic nitrogens is 2. The molecule has 2 aromatic rings. The van der Waals surface area contributed by atoms with Crippen molar-refractivity contribution in [1.82, 2.24) is 9.78 Å². The van der Waals surface area contributed by atoms with Crippen LogP contribution in [0.25, 0.3) is 11.1 Å². The van der Waals surface area contributed by atoms with Crippen molar-refractivity contribution in [3.63, 3.8) is 0 Å². The average Bonchev–Trinajstić information content (AvgIpc) is 2.68. The molecule has 0 saturated heterocycles. The predicted octanol–water partition coefficient (Wildman–Crippen LogP) is 3.50. The van der Waals surface area contributed by atoms with Crippen LogP contribution in [0.5, 0.6) is 0 Å². The topological polar surface area (TPSA) is 17.8 Å². The molecular formula is C11H11IN2. The molecule has 1 heterocycles. The first-order valence-corrected chi connectivity index (χ1v) is 5.75. The van der Waals surface area contributed by atoms with E-state index in [1.165, 1.54) is 11.1 Å². The molecule has 2 rings (SSSR count). The Bertz CT molecular complexity index is 406. The Morgan fingerprint density at radius 3 is 2.50 bits per heavy atom. The van der Waals surface area contributed by atoms with Gasteiger partial charge < -0.3 is 0 Å². The van der Waals surface area contributed by atoms with Crippen molar-refractivity contribution in [1.29, 1.82) is 0 Å². The molecule has 0 radical (unpaired) electrons. The molecule has 0 bridgehead atoms. The minimum absolute atomic E-state index is 0.394. The lowest BCUT2D eigenvalue weighted by molar-refractivity contribution is 0.665. The Labute approximate surface area is 97.1 Å². The summed E-state index contributed by atoms with van der Waals surface area (Å²) in [5.41, 5.74) is 2.39. The molecule has 0 aliphatic carbocycles. The molecule has 0 amide bonds. The fraction of sp³-hybridized carbons (Fsp3) is 0.182. The molecular weight excluding hydrogens is 287 g/mol. The van der Waals surface area contributed by atoms with E-state index in [4.69, 9.17) is 0 Å². The van der Waals surface area contributed by atoms with E-state index < -0.39 is 0 Å². The highest BCUT2D eigenvalue weighted by Crippen LogP contribution is 2.21. The van der Waals surface area contributed by atoms with E-state index in [-0.39, 0.29) is 0 Å². The van der Waals surface area contributed by atoms with Crippen molar-refractivity contribution in [2.45, 2.75) is 11.0 Å². The van der Waals surface area contributed by atoms with E-state index in [2.05, 4.69) is 52.9 Å². The number of hydrogen-bond acceptors (Lipinski definition) is 1. The van der Waals surface area contributed by atoms with E-state index in [0.717, 1.165) is 0 Å². The monoisotopic (exact) mass is 298 g/mol. The molecule has 0 spiro atoms. The molecule has 1 aromatic carbocycles. The SMILES string of the molecule is CC(I)n1cc(-c2ccccc2)cn1. The third-order valence-electron chi connectivity index (χ3n) is 2.07. The van der Waals surface area contributed by atoms with E-state index in [0.29, 0.717) is 4.05 Å². The average molecular weight is 298 g/mol. The summed E-state index contributed by atoms with van der Waals surface area (Å²) in [6, 6.07) is 10.3. The zero-order valence-corrected chi connectivity index (χ0v) is 10.0. The van der Waals surface area contributed by atoms with Gasteiger partial charge in [-0.1, -0.05) is 52.9 Å². The second-order valence-electron chi connectivity index (χ2n) is 3.15. The van der Waals surface area contributed by atoms with E-state index >= 15 is 0 Å². The molecule has 1 unspecified atom stereocenters. The van der Waals surface area contributed by atoms with E-state index in [1.807, 2.05) is 29.1 Å². The van der Waals surface area contributed by atoms with Gasteiger partial charge in [-0.15, -0.1) is 0 Å². The number of halogens is 1. The zero-order chi connectivity index (χ0) is 9.97. The number of rotatable bonds is 2. The van der Waals surface area contributed by atoms with Crippen LogP contribution in [0.3, 0.4) is 0 Å². The van der Waals surface area contributed by atoms with Gasteiger partial charge in [-0.3, -0.25) is 4.68 Å². The predicted molar refractivity (Wildman–Crippen MR) is 66.4 cm³/mol. The van der Waals surface area contributed by atoms with Crippen molar-refractivity contribution in [2.24, 2.45) is 0 Å². The maximum Gasteiger partial charge on any atom is 0.100 e. The van der Waals surface area contributed by atoms with Crippen molar-refractivity contribution < 1.29 is 0 Å². The first-order chi connectivity index (χ1) is 6.77. The summed E-state index contributed by atoms with van der Waals surface area (Å²) in [4.78, 5) is 0. The zero-order valence-electron chi connectivity index (χ0n) is 7.89. The van der Waals surface area contributed by atoms with Gasteiger partial charge in [0.05, 0.1) is 6.20 Å². The molecule has 3 heteroatoms. The van der Waals surface area contributed by atoms with Crippen LogP contribution >= 0.6 is 22.6 Å². The largest absolute Gasteiger partial charge is 0.260 e. The van der Waals surface area contributed by atoms with Crippen LogP contribution in [-0.2, 0) is 0 Å². The van der Waals surface area contributed by atoms with Gasteiger partial charge in [0, 0.05) is 11.8 Å². The second kappa shape index (κ2) is 4.13. The summed E-state index contributed by atoms with van der Waals surface area (Å²) in [7, 11) is 0. The van der Waals surface area contributed by atoms with Crippen LogP contribution in [0.1, 0.15) is 11.0 Å². The molecule has 0 aliphatic heterocycles. The Balaban J connectivity index is 2.34. The number of benzene rings is 1. The van der Waals surface area contributed by atoms with Gasteiger partial charge in [0.1, 0.15) is 4.05 Å². The van der Waals surface area contributed by atoms with Gasteiger partial charge in [-0.05, 0) is 12.5 Å². The van der Waals surface area contributed by atoms with Gasteiger partial charge in [-0.2, -0.15) is 5.10 Å². The standard InChI is InChI=1S/C11H11IN2/c1-9(12)14-8-11(7-13-14)10-5-3-2-4-6-10/h2-9H,1H3. The molecule has 0 N–H and O–H groups in total. The van der Waals surface area contributed by atoms with Crippen LogP contribution in [0.4, 0.5) is 0 Å². The molecule has 0 fully saturated rings. The Morgan fingerprint density at radius 2 is 1.93 bits per heavy atom. The Kier molecular flexibility index (Phi) is 2.86. The molecule has 2 nitrogen and oxygen atoms in total. The van der Waals surface area contributed by atoms with Gasteiger partial charge >= 0.3 is 0 Å². The highest BCUT2D eigenvalue weighted by Gasteiger charge is 2.03. The second-order valence-corrected chi connectivity index (χ2v) is 4.95. The third kappa shape index (κ3) is 1.97. The summed E-state index contributed by atoms with van der Waals surface area (Å²) in [6.07, 6.45) is 3.98. The molecule has 0 saturated carbocycles. The quantitative estimate of drug-likeness (QED) is 0.613. The number of hydrogen-bond donors (Lipinski definition) is 0. The van der Waals surface area contributed by atoms with Crippen molar-refractivity contribution in [3.8, 4) is 11.1 Å². The molecule has 0 aliphatic rings. The highest BCUT2D eigenvalue weighted by molar-refractivity contribution is 14.1. The summed E-state index contributed by atoms with van der Waals surface area (Å²) in [5, 5.41) is 4.30. The lowest BCUT2D eigenvalue weighted by atomic mass is 10.1. The van der Waals surface area contributed by atoms with Gasteiger partial charge in [-0.25, -0.2) is 0 Å². The fourth-order valence-corrected chi connectivity index (χ4v) is 1.62. The maximum absolute atomic E-state index is 4.30. The molecule has 14 heavy (non-hydrogen) atoms. The highest BCUT2D eigenvalue weighted by atomic mass is 127. The Hall–Kier alpha value is -0.840. The van der Waals surface area contributed by atoms with Crippen LogP contribution < -0.4 is 0 Å². The van der Waals surface area contributed by atoms with E-state index in [9.17, 15) is 0 Å². The van der Waals surface area contributed by atoms with Crippen LogP contribution in [0.15, 0.2) is 42.7 Å². The molecule has 1 aromatic heterocycles. The van der Waals surface area contributed by atoms with E-state index in [1.54, 1.807) is 0 Å². The summed E-state index contributed by atoms with van der Waals surface area (Å²) >= 11 is 2.34. The molecule has 72 valence electrons. The van der Waals surface area contributed by atoms with Crippen LogP contribution in [0.2, 0.25) is 0 Å². The van der Waals surface area contributed by atoms with Gasteiger partial charge in [0.25, 0.3) is 0 Å². The lowest BCUT2D eigenvalue weighted by Crippen LogP contribution is -1.96. The van der Waals surface area contributed by atoms with Gasteiger partial charge in [0.15, 0.2) is 0 Å². The minimum Gasteiger partial charge on any atom is -0.260 e. The van der Waals surface area contributed by atoms with Crippen LogP contribution in [-0.4, -0.2) is 9.78 Å². The first-order valence-electron chi connectivity index (χ1n) is 4.51. The smallest absolute Gasteiger partial charge is 0.100 e. The normalized spacial score (nSPS) is 12.7. The lowest BCUT2D eigenvalue weighted by Gasteiger charge is -2.01. The minimum atomic E-state index is 0.394. The fourth-order valence-electron chi connectivity index (χ4n) is 1.31. The van der Waals surface area contributed by atoms with Crippen molar-refractivity contribution in [3.05, 3.63) is 42.7 Å². The summed E-state index contributed by atoms with van der Waals surface area (Å²) in [6.45, 7) is 2.11. The summed E-state index contributed by atoms with van der Waals surface area (Å²) in [5.74, 6) is 0. The maximum atomic E-state index is 4.30. The van der Waals surface area contributed by atoms with Crippen molar-refractivity contribution in [2.75, 3.05) is 0 Å². The van der Waals surface area contributed by atoms with Crippen LogP contribution in [0, 0.1) is 0 Å². The third-order valence-corrected chi connectivity index (χ3v) is 2.64. The summed E-state index contributed by atoms with van der Waals surface area (Å²) < 4.78 is 2.35. The van der Waals surface area contributed by atoms with Crippen molar-refractivity contribution >= 4 is 22.6 Å². The Morgan fingerprint density at radius 1 is 1.21 bits per heavy atom. The molecule has 1 atom stereocenters. The first kappa shape index (κ1) is 9.71. The number of alkyl halides is 1.